The highest BCUT2D eigenvalue weighted by Crippen LogP contribution is 2.23. The predicted molar refractivity (Wildman–Crippen MR) is 98.6 cm³/mol. The number of nitrogens with one attached hydrogen (secondary N) is 1. The summed E-state index contributed by atoms with van der Waals surface area (Å²) in [6.07, 6.45) is -0.962. The number of anilines is 1. The summed E-state index contributed by atoms with van der Waals surface area (Å²) >= 11 is 0. The monoisotopic (exact) mass is 357 g/mol. The van der Waals surface area contributed by atoms with E-state index in [0.717, 1.165) is 11.1 Å². The first-order valence-corrected chi connectivity index (χ1v) is 8.24. The number of ether oxygens (including phenoxy) is 3. The summed E-state index contributed by atoms with van der Waals surface area (Å²) in [7, 11) is 1.51. The van der Waals surface area contributed by atoms with E-state index in [1.807, 2.05) is 26.0 Å². The zero-order valence-electron chi connectivity index (χ0n) is 15.4. The molecule has 2 aromatic carbocycles. The number of hydrogen-bond donors (Lipinski definition) is 1. The lowest BCUT2D eigenvalue weighted by molar-refractivity contribution is -0.155. The van der Waals surface area contributed by atoms with Crippen LogP contribution in [0.1, 0.15) is 18.1 Å². The van der Waals surface area contributed by atoms with Crippen molar-refractivity contribution >= 4 is 17.6 Å². The maximum absolute atomic E-state index is 12.2. The van der Waals surface area contributed by atoms with Crippen LogP contribution in [0.15, 0.2) is 42.5 Å². The molecule has 0 heterocycles. The Balaban J connectivity index is 1.85. The second-order valence-electron chi connectivity index (χ2n) is 5.86. The van der Waals surface area contributed by atoms with Gasteiger partial charge in [0.25, 0.3) is 5.91 Å². The highest BCUT2D eigenvalue weighted by atomic mass is 16.6. The number of rotatable bonds is 7. The first-order valence-electron chi connectivity index (χ1n) is 8.24. The van der Waals surface area contributed by atoms with E-state index in [0.29, 0.717) is 17.2 Å². The molecule has 6 nitrogen and oxygen atoms in total. The molecule has 0 aliphatic carbocycles. The summed E-state index contributed by atoms with van der Waals surface area (Å²) in [5.74, 6) is 0.0357. The lowest BCUT2D eigenvalue weighted by atomic mass is 10.1. The van der Waals surface area contributed by atoms with Gasteiger partial charge in [-0.15, -0.1) is 0 Å². The van der Waals surface area contributed by atoms with Crippen LogP contribution in [0.2, 0.25) is 0 Å². The number of carbonyl (C=O) groups is 2. The van der Waals surface area contributed by atoms with Crippen molar-refractivity contribution in [3.05, 3.63) is 53.6 Å². The Hall–Kier alpha value is -3.02. The van der Waals surface area contributed by atoms with Crippen LogP contribution < -0.4 is 14.8 Å². The van der Waals surface area contributed by atoms with Crippen molar-refractivity contribution in [2.24, 2.45) is 0 Å². The Morgan fingerprint density at radius 3 is 2.50 bits per heavy atom. The number of para-hydroxylation sites is 2. The average Bonchev–Trinajstić information content (AvgIpc) is 2.63. The quantitative estimate of drug-likeness (QED) is 0.770. The van der Waals surface area contributed by atoms with E-state index in [1.165, 1.54) is 14.0 Å². The van der Waals surface area contributed by atoms with E-state index in [2.05, 4.69) is 5.32 Å². The molecule has 26 heavy (non-hydrogen) atoms. The summed E-state index contributed by atoms with van der Waals surface area (Å²) in [4.78, 5) is 24.1. The van der Waals surface area contributed by atoms with Crippen molar-refractivity contribution in [3.63, 3.8) is 0 Å². The van der Waals surface area contributed by atoms with E-state index in [1.54, 1.807) is 30.3 Å². The van der Waals surface area contributed by atoms with Gasteiger partial charge < -0.3 is 19.5 Å². The third kappa shape index (κ3) is 5.24. The maximum atomic E-state index is 12.2. The Bertz CT molecular complexity index is 788. The summed E-state index contributed by atoms with van der Waals surface area (Å²) in [5.41, 5.74) is 2.72. The van der Waals surface area contributed by atoms with Crippen molar-refractivity contribution < 1.29 is 23.8 Å². The van der Waals surface area contributed by atoms with Crippen LogP contribution in [0.5, 0.6) is 11.5 Å². The van der Waals surface area contributed by atoms with Gasteiger partial charge in [0.1, 0.15) is 11.5 Å². The van der Waals surface area contributed by atoms with Crippen molar-refractivity contribution in [2.75, 3.05) is 19.0 Å². The number of hydrogen-bond acceptors (Lipinski definition) is 5. The highest BCUT2D eigenvalue weighted by Gasteiger charge is 2.19. The van der Waals surface area contributed by atoms with Crippen LogP contribution in [-0.2, 0) is 14.3 Å². The summed E-state index contributed by atoms with van der Waals surface area (Å²) in [5, 5.41) is 2.67. The molecule has 0 fully saturated rings. The number of carbonyl (C=O) groups excluding carboxylic acids is 2. The molecule has 0 aromatic heterocycles. The second kappa shape index (κ2) is 8.89. The van der Waals surface area contributed by atoms with Crippen molar-refractivity contribution in [3.8, 4) is 11.5 Å². The molecule has 1 N–H and O–H groups in total. The molecular weight excluding hydrogens is 334 g/mol. The Kier molecular flexibility index (Phi) is 6.60. The average molecular weight is 357 g/mol. The SMILES string of the molecule is COc1ccccc1NC(=O)C(C)OC(=O)COc1ccc(C)c(C)c1. The zero-order valence-corrected chi connectivity index (χ0v) is 15.4. The number of benzene rings is 2. The van der Waals surface area contributed by atoms with E-state index in [-0.39, 0.29) is 6.61 Å². The minimum atomic E-state index is -0.962. The number of methoxy groups -OCH3 is 1. The fourth-order valence-corrected chi connectivity index (χ4v) is 2.21. The molecule has 138 valence electrons. The van der Waals surface area contributed by atoms with Crippen LogP contribution >= 0.6 is 0 Å². The maximum Gasteiger partial charge on any atom is 0.344 e. The lowest BCUT2D eigenvalue weighted by Gasteiger charge is -2.15. The van der Waals surface area contributed by atoms with Gasteiger partial charge in [0, 0.05) is 0 Å². The van der Waals surface area contributed by atoms with E-state index >= 15 is 0 Å². The van der Waals surface area contributed by atoms with E-state index < -0.39 is 18.0 Å². The van der Waals surface area contributed by atoms with Gasteiger partial charge in [-0.1, -0.05) is 18.2 Å². The van der Waals surface area contributed by atoms with Crippen molar-refractivity contribution in [1.29, 1.82) is 0 Å². The molecule has 6 heteroatoms. The van der Waals surface area contributed by atoms with Crippen LogP contribution in [0.3, 0.4) is 0 Å². The number of aryl methyl sites for hydroxylation is 2. The highest BCUT2D eigenvalue weighted by molar-refractivity contribution is 5.96. The topological polar surface area (TPSA) is 73.9 Å². The van der Waals surface area contributed by atoms with Gasteiger partial charge in [0.2, 0.25) is 0 Å². The minimum Gasteiger partial charge on any atom is -0.495 e. The third-order valence-electron chi connectivity index (χ3n) is 3.88. The van der Waals surface area contributed by atoms with Crippen LogP contribution in [-0.4, -0.2) is 31.7 Å². The Morgan fingerprint density at radius 2 is 1.81 bits per heavy atom. The first-order chi connectivity index (χ1) is 12.4. The van der Waals surface area contributed by atoms with Crippen LogP contribution in [0, 0.1) is 13.8 Å². The number of esters is 1. The normalized spacial score (nSPS) is 11.4. The second-order valence-corrected chi connectivity index (χ2v) is 5.86. The van der Waals surface area contributed by atoms with Gasteiger partial charge in [0.05, 0.1) is 12.8 Å². The zero-order chi connectivity index (χ0) is 19.1. The molecule has 0 saturated carbocycles. The molecule has 0 saturated heterocycles. The van der Waals surface area contributed by atoms with Gasteiger partial charge in [-0.05, 0) is 56.2 Å². The minimum absolute atomic E-state index is 0.269. The van der Waals surface area contributed by atoms with Crippen LogP contribution in [0.25, 0.3) is 0 Å². The summed E-state index contributed by atoms with van der Waals surface area (Å²) < 4.78 is 15.7. The van der Waals surface area contributed by atoms with Crippen molar-refractivity contribution in [2.45, 2.75) is 26.9 Å². The molecule has 0 spiro atoms. The molecule has 0 aliphatic heterocycles. The van der Waals surface area contributed by atoms with Gasteiger partial charge in [-0.25, -0.2) is 4.79 Å². The fraction of sp³-hybridized carbons (Fsp3) is 0.300. The molecule has 1 amide bonds. The fourth-order valence-electron chi connectivity index (χ4n) is 2.21. The standard InChI is InChI=1S/C20H23NO5/c1-13-9-10-16(11-14(13)2)25-12-19(22)26-15(3)20(23)21-17-7-5-6-8-18(17)24-4/h5-11,15H,12H2,1-4H3,(H,21,23). The van der Waals surface area contributed by atoms with E-state index in [9.17, 15) is 9.59 Å². The molecule has 0 bridgehead atoms. The first kappa shape index (κ1) is 19.3. The molecule has 1 unspecified atom stereocenters. The van der Waals surface area contributed by atoms with Gasteiger partial charge in [0.15, 0.2) is 12.7 Å². The predicted octanol–water partition coefficient (Wildman–Crippen LogP) is 3.26. The molecule has 0 aliphatic rings. The molecule has 2 aromatic rings. The lowest BCUT2D eigenvalue weighted by Crippen LogP contribution is -2.31. The molecular formula is C20H23NO5. The Morgan fingerprint density at radius 1 is 1.08 bits per heavy atom. The summed E-state index contributed by atoms with van der Waals surface area (Å²) in [6.45, 7) is 5.19. The molecule has 0 radical (unpaired) electrons. The van der Waals surface area contributed by atoms with Gasteiger partial charge >= 0.3 is 5.97 Å². The summed E-state index contributed by atoms with van der Waals surface area (Å²) in [6, 6.07) is 12.5. The van der Waals surface area contributed by atoms with Crippen LogP contribution in [0.4, 0.5) is 5.69 Å². The van der Waals surface area contributed by atoms with E-state index in [4.69, 9.17) is 14.2 Å². The molecule has 1 atom stereocenters. The Labute approximate surface area is 153 Å². The van der Waals surface area contributed by atoms with Gasteiger partial charge in [-0.2, -0.15) is 0 Å². The smallest absolute Gasteiger partial charge is 0.344 e. The van der Waals surface area contributed by atoms with Crippen molar-refractivity contribution in [1.82, 2.24) is 0 Å². The third-order valence-corrected chi connectivity index (χ3v) is 3.88. The molecule has 2 rings (SSSR count). The van der Waals surface area contributed by atoms with Gasteiger partial charge in [-0.3, -0.25) is 4.79 Å². The largest absolute Gasteiger partial charge is 0.495 e. The number of amides is 1.